The summed E-state index contributed by atoms with van der Waals surface area (Å²) in [5.74, 6) is 0. The lowest BCUT2D eigenvalue weighted by Gasteiger charge is -2.55. The lowest BCUT2D eigenvalue weighted by molar-refractivity contribution is -0.206. The van der Waals surface area contributed by atoms with Crippen LogP contribution in [0.1, 0.15) is 50.5 Å². The van der Waals surface area contributed by atoms with Crippen molar-refractivity contribution in [2.45, 2.75) is 63.6 Å². The monoisotopic (exact) mass is 274 g/mol. The van der Waals surface area contributed by atoms with Gasteiger partial charge < -0.3 is 9.84 Å². The van der Waals surface area contributed by atoms with Crippen LogP contribution in [-0.2, 0) is 11.2 Å². The van der Waals surface area contributed by atoms with E-state index in [2.05, 4.69) is 30.3 Å². The van der Waals surface area contributed by atoms with E-state index in [4.69, 9.17) is 4.74 Å². The number of aliphatic hydroxyl groups excluding tert-OH is 1. The second-order valence-electron chi connectivity index (χ2n) is 6.49. The minimum absolute atomic E-state index is 0.109. The van der Waals surface area contributed by atoms with E-state index in [1.165, 1.54) is 24.8 Å². The molecule has 110 valence electrons. The van der Waals surface area contributed by atoms with Crippen LogP contribution in [0.5, 0.6) is 0 Å². The first-order valence-electron chi connectivity index (χ1n) is 8.15. The fourth-order valence-electron chi connectivity index (χ4n) is 3.97. The average Bonchev–Trinajstić information content (AvgIpc) is 2.52. The van der Waals surface area contributed by atoms with E-state index in [-0.39, 0.29) is 11.5 Å². The van der Waals surface area contributed by atoms with E-state index in [0.29, 0.717) is 6.10 Å². The maximum Gasteiger partial charge on any atom is 0.0680 e. The molecule has 2 fully saturated rings. The van der Waals surface area contributed by atoms with Crippen molar-refractivity contribution in [3.05, 3.63) is 35.9 Å². The number of aliphatic hydroxyl groups is 1. The van der Waals surface area contributed by atoms with Gasteiger partial charge in [-0.2, -0.15) is 0 Å². The van der Waals surface area contributed by atoms with E-state index in [1.54, 1.807) is 0 Å². The van der Waals surface area contributed by atoms with Crippen molar-refractivity contribution >= 4 is 0 Å². The highest BCUT2D eigenvalue weighted by Gasteiger charge is 2.54. The first-order valence-corrected chi connectivity index (χ1v) is 8.15. The van der Waals surface area contributed by atoms with Crippen LogP contribution in [0.2, 0.25) is 0 Å². The molecule has 2 heteroatoms. The number of benzene rings is 1. The summed E-state index contributed by atoms with van der Waals surface area (Å²) in [5, 5.41) is 10.1. The van der Waals surface area contributed by atoms with Crippen molar-refractivity contribution in [1.29, 1.82) is 0 Å². The fraction of sp³-hybridized carbons (Fsp3) is 0.667. The van der Waals surface area contributed by atoms with Gasteiger partial charge in [0.25, 0.3) is 0 Å². The predicted molar refractivity (Wildman–Crippen MR) is 80.6 cm³/mol. The van der Waals surface area contributed by atoms with Crippen LogP contribution in [0.4, 0.5) is 0 Å². The van der Waals surface area contributed by atoms with Crippen LogP contribution in [0.25, 0.3) is 0 Å². The Balaban J connectivity index is 1.42. The Morgan fingerprint density at radius 2 is 1.85 bits per heavy atom. The molecule has 0 heterocycles. The summed E-state index contributed by atoms with van der Waals surface area (Å²) in [6.45, 7) is 0.827. The number of hydrogen-bond acceptors (Lipinski definition) is 2. The zero-order valence-corrected chi connectivity index (χ0v) is 12.3. The van der Waals surface area contributed by atoms with E-state index >= 15 is 0 Å². The molecule has 0 aromatic heterocycles. The molecule has 1 spiro atoms. The second kappa shape index (κ2) is 6.28. The smallest absolute Gasteiger partial charge is 0.0680 e. The van der Waals surface area contributed by atoms with Gasteiger partial charge in [-0.25, -0.2) is 0 Å². The van der Waals surface area contributed by atoms with Crippen molar-refractivity contribution in [3.8, 4) is 0 Å². The highest BCUT2D eigenvalue weighted by Crippen LogP contribution is 2.53. The van der Waals surface area contributed by atoms with Gasteiger partial charge in [0.15, 0.2) is 0 Å². The third-order valence-corrected chi connectivity index (χ3v) is 5.30. The van der Waals surface area contributed by atoms with E-state index in [9.17, 15) is 5.11 Å². The molecule has 2 saturated carbocycles. The van der Waals surface area contributed by atoms with Crippen LogP contribution in [0.15, 0.2) is 30.3 Å². The van der Waals surface area contributed by atoms with Gasteiger partial charge in [-0.15, -0.1) is 0 Å². The number of ether oxygens (including phenoxy) is 1. The van der Waals surface area contributed by atoms with Gasteiger partial charge in [-0.05, 0) is 31.2 Å². The summed E-state index contributed by atoms with van der Waals surface area (Å²) < 4.78 is 6.10. The Kier molecular flexibility index (Phi) is 4.42. The van der Waals surface area contributed by atoms with Gasteiger partial charge in [0, 0.05) is 18.4 Å². The molecule has 1 aromatic carbocycles. The lowest BCUT2D eigenvalue weighted by Crippen LogP contribution is -2.59. The Labute approximate surface area is 122 Å². The quantitative estimate of drug-likeness (QED) is 0.829. The number of rotatable bonds is 5. The van der Waals surface area contributed by atoms with E-state index in [1.807, 2.05) is 0 Å². The number of hydrogen-bond donors (Lipinski definition) is 1. The molecule has 0 saturated heterocycles. The molecule has 2 aliphatic carbocycles. The zero-order chi connectivity index (χ0) is 13.8. The van der Waals surface area contributed by atoms with Crippen molar-refractivity contribution in [2.75, 3.05) is 6.61 Å². The van der Waals surface area contributed by atoms with Gasteiger partial charge in [0.2, 0.25) is 0 Å². The third-order valence-electron chi connectivity index (χ3n) is 5.30. The van der Waals surface area contributed by atoms with Crippen molar-refractivity contribution < 1.29 is 9.84 Å². The molecule has 0 amide bonds. The molecule has 0 bridgehead atoms. The highest BCUT2D eigenvalue weighted by atomic mass is 16.5. The molecule has 1 aromatic rings. The topological polar surface area (TPSA) is 29.5 Å². The molecule has 2 unspecified atom stereocenters. The van der Waals surface area contributed by atoms with Crippen LogP contribution in [0, 0.1) is 5.41 Å². The molecule has 1 N–H and O–H groups in total. The first kappa shape index (κ1) is 14.1. The molecule has 3 rings (SSSR count). The summed E-state index contributed by atoms with van der Waals surface area (Å²) in [6.07, 6.45) is 9.41. The predicted octanol–water partition coefficient (Wildman–Crippen LogP) is 3.72. The fourth-order valence-corrected chi connectivity index (χ4v) is 3.97. The van der Waals surface area contributed by atoms with Gasteiger partial charge in [0.1, 0.15) is 0 Å². The molecule has 20 heavy (non-hydrogen) atoms. The summed E-state index contributed by atoms with van der Waals surface area (Å²) in [7, 11) is 0. The average molecular weight is 274 g/mol. The van der Waals surface area contributed by atoms with E-state index in [0.717, 1.165) is 38.7 Å². The van der Waals surface area contributed by atoms with Crippen LogP contribution < -0.4 is 0 Å². The Hall–Kier alpha value is -0.860. The maximum atomic E-state index is 10.1. The lowest BCUT2D eigenvalue weighted by atomic mass is 9.56. The van der Waals surface area contributed by atoms with Crippen molar-refractivity contribution in [3.63, 3.8) is 0 Å². The van der Waals surface area contributed by atoms with Gasteiger partial charge in [-0.3, -0.25) is 0 Å². The maximum absolute atomic E-state index is 10.1. The van der Waals surface area contributed by atoms with Crippen LogP contribution >= 0.6 is 0 Å². The number of aryl methyl sites for hydroxylation is 1. The highest BCUT2D eigenvalue weighted by molar-refractivity contribution is 5.14. The summed E-state index contributed by atoms with van der Waals surface area (Å²) in [6, 6.07) is 10.6. The van der Waals surface area contributed by atoms with E-state index < -0.39 is 0 Å². The van der Waals surface area contributed by atoms with Crippen LogP contribution in [-0.4, -0.2) is 23.9 Å². The van der Waals surface area contributed by atoms with Crippen LogP contribution in [0.3, 0.4) is 0 Å². The minimum Gasteiger partial charge on any atom is -0.392 e. The largest absolute Gasteiger partial charge is 0.392 e. The SMILES string of the molecule is OC1CC(OCCCc2ccccc2)C12CCCCC2. The Morgan fingerprint density at radius 3 is 2.55 bits per heavy atom. The zero-order valence-electron chi connectivity index (χ0n) is 12.3. The summed E-state index contributed by atoms with van der Waals surface area (Å²) in [5.41, 5.74) is 1.50. The summed E-state index contributed by atoms with van der Waals surface area (Å²) in [4.78, 5) is 0. The summed E-state index contributed by atoms with van der Waals surface area (Å²) >= 11 is 0. The standard InChI is InChI=1S/C18H26O2/c19-16-14-17(18(16)11-5-2-6-12-18)20-13-7-10-15-8-3-1-4-9-15/h1,3-4,8-9,16-17,19H,2,5-7,10-14H2. The van der Waals surface area contributed by atoms with Gasteiger partial charge >= 0.3 is 0 Å². The molecular weight excluding hydrogens is 248 g/mol. The van der Waals surface area contributed by atoms with Gasteiger partial charge in [-0.1, -0.05) is 49.6 Å². The normalized spacial score (nSPS) is 28.2. The van der Waals surface area contributed by atoms with Crippen molar-refractivity contribution in [2.24, 2.45) is 5.41 Å². The third kappa shape index (κ3) is 2.77. The Morgan fingerprint density at radius 1 is 1.10 bits per heavy atom. The first-order chi connectivity index (χ1) is 9.81. The molecule has 0 radical (unpaired) electrons. The van der Waals surface area contributed by atoms with Gasteiger partial charge in [0.05, 0.1) is 12.2 Å². The second-order valence-corrected chi connectivity index (χ2v) is 6.49. The molecule has 2 atom stereocenters. The molecular formula is C18H26O2. The molecule has 2 nitrogen and oxygen atoms in total. The van der Waals surface area contributed by atoms with Crippen molar-refractivity contribution in [1.82, 2.24) is 0 Å². The minimum atomic E-state index is -0.109. The molecule has 0 aliphatic heterocycles. The Bertz CT molecular complexity index is 409. The molecule has 2 aliphatic rings.